The molecule has 2 aromatic carbocycles. The van der Waals surface area contributed by atoms with E-state index in [9.17, 15) is 14.4 Å². The quantitative estimate of drug-likeness (QED) is 0.407. The zero-order chi connectivity index (χ0) is 21.7. The molecule has 30 heavy (non-hydrogen) atoms. The smallest absolute Gasteiger partial charge is 0.323 e. The highest BCUT2D eigenvalue weighted by molar-refractivity contribution is 6.01. The van der Waals surface area contributed by atoms with Crippen LogP contribution in [0.1, 0.15) is 41.3 Å². The maximum absolute atomic E-state index is 12.7. The van der Waals surface area contributed by atoms with E-state index in [1.807, 2.05) is 54.6 Å². The van der Waals surface area contributed by atoms with Crippen LogP contribution in [0.5, 0.6) is 0 Å². The summed E-state index contributed by atoms with van der Waals surface area (Å²) in [5.74, 6) is -1.29. The van der Waals surface area contributed by atoms with Gasteiger partial charge in [0.25, 0.3) is 0 Å². The van der Waals surface area contributed by atoms with Crippen molar-refractivity contribution in [2.24, 2.45) is 11.3 Å². The molecule has 1 aliphatic carbocycles. The minimum atomic E-state index is -1.38. The number of esters is 2. The fourth-order valence-corrected chi connectivity index (χ4v) is 4.34. The number of rotatable bonds is 6. The van der Waals surface area contributed by atoms with Crippen molar-refractivity contribution in [1.82, 2.24) is 0 Å². The average Bonchev–Trinajstić information content (AvgIpc) is 3.12. The zero-order valence-electron chi connectivity index (χ0n) is 17.5. The summed E-state index contributed by atoms with van der Waals surface area (Å²) in [6.45, 7) is 1.54. The second-order valence-corrected chi connectivity index (χ2v) is 7.69. The van der Waals surface area contributed by atoms with Crippen LogP contribution < -0.4 is 0 Å². The van der Waals surface area contributed by atoms with E-state index in [-0.39, 0.29) is 24.5 Å². The Labute approximate surface area is 176 Å². The molecule has 0 spiro atoms. The van der Waals surface area contributed by atoms with Crippen molar-refractivity contribution in [3.8, 4) is 0 Å². The Bertz CT molecular complexity index is 958. The highest BCUT2D eigenvalue weighted by Crippen LogP contribution is 2.49. The molecule has 1 fully saturated rings. The predicted molar refractivity (Wildman–Crippen MR) is 114 cm³/mol. The van der Waals surface area contributed by atoms with Gasteiger partial charge >= 0.3 is 11.9 Å². The van der Waals surface area contributed by atoms with Crippen molar-refractivity contribution in [1.29, 1.82) is 0 Å². The largest absolute Gasteiger partial charge is 0.468 e. The van der Waals surface area contributed by atoms with Crippen LogP contribution in [0, 0.1) is 11.3 Å². The van der Waals surface area contributed by atoms with Crippen molar-refractivity contribution in [2.75, 3.05) is 14.2 Å². The van der Waals surface area contributed by atoms with Crippen LogP contribution in [0.4, 0.5) is 0 Å². The number of benzene rings is 2. The van der Waals surface area contributed by atoms with Gasteiger partial charge in [-0.25, -0.2) is 0 Å². The first-order valence-electron chi connectivity index (χ1n) is 9.92. The van der Waals surface area contributed by atoms with Gasteiger partial charge in [0.1, 0.15) is 0 Å². The van der Waals surface area contributed by atoms with Gasteiger partial charge in [-0.2, -0.15) is 0 Å². The Morgan fingerprint density at radius 3 is 2.17 bits per heavy atom. The maximum atomic E-state index is 12.7. The fourth-order valence-electron chi connectivity index (χ4n) is 4.34. The third-order valence-corrected chi connectivity index (χ3v) is 5.79. The van der Waals surface area contributed by atoms with Crippen LogP contribution in [0.3, 0.4) is 0 Å². The maximum Gasteiger partial charge on any atom is 0.323 e. The molecule has 0 aromatic heterocycles. The minimum Gasteiger partial charge on any atom is -0.468 e. The molecule has 156 valence electrons. The zero-order valence-corrected chi connectivity index (χ0v) is 17.5. The third kappa shape index (κ3) is 4.20. The number of Topliss-reactive ketones (excluding diaryl/α,β-unsaturated/α-hetero) is 1. The second kappa shape index (κ2) is 9.08. The highest BCUT2D eigenvalue weighted by Gasteiger charge is 2.55. The lowest BCUT2D eigenvalue weighted by molar-refractivity contribution is -0.168. The first-order chi connectivity index (χ1) is 14.4. The molecule has 0 heterocycles. The molecule has 1 unspecified atom stereocenters. The summed E-state index contributed by atoms with van der Waals surface area (Å²) in [7, 11) is 2.57. The van der Waals surface area contributed by atoms with E-state index in [0.29, 0.717) is 12.0 Å². The molecule has 2 aromatic rings. The van der Waals surface area contributed by atoms with E-state index in [4.69, 9.17) is 9.47 Å². The highest BCUT2D eigenvalue weighted by atomic mass is 16.5. The van der Waals surface area contributed by atoms with Gasteiger partial charge in [0.2, 0.25) is 0 Å². The van der Waals surface area contributed by atoms with Crippen LogP contribution in [0.15, 0.2) is 60.2 Å². The number of carbonyl (C=O) groups is 3. The average molecular weight is 406 g/mol. The van der Waals surface area contributed by atoms with Gasteiger partial charge < -0.3 is 9.47 Å². The molecule has 0 radical (unpaired) electrons. The van der Waals surface area contributed by atoms with Gasteiger partial charge in [-0.15, -0.1) is 0 Å². The van der Waals surface area contributed by atoms with Crippen molar-refractivity contribution >= 4 is 23.8 Å². The summed E-state index contributed by atoms with van der Waals surface area (Å²) in [5, 5.41) is 0. The Morgan fingerprint density at radius 2 is 1.57 bits per heavy atom. The Hall–Kier alpha value is -3.21. The van der Waals surface area contributed by atoms with E-state index in [1.54, 1.807) is 13.0 Å². The monoisotopic (exact) mass is 406 g/mol. The Balaban J connectivity index is 2.06. The molecule has 5 nitrogen and oxygen atoms in total. The number of ether oxygens (including phenoxy) is 2. The summed E-state index contributed by atoms with van der Waals surface area (Å²) in [6.07, 6.45) is 3.07. The lowest BCUT2D eigenvalue weighted by atomic mass is 9.84. The molecule has 0 saturated heterocycles. The lowest BCUT2D eigenvalue weighted by Gasteiger charge is -2.23. The number of ketones is 1. The molecule has 0 aliphatic heterocycles. The lowest BCUT2D eigenvalue weighted by Crippen LogP contribution is -2.39. The molecule has 1 saturated carbocycles. The van der Waals surface area contributed by atoms with E-state index < -0.39 is 17.4 Å². The minimum absolute atomic E-state index is 0.00983. The van der Waals surface area contributed by atoms with Crippen molar-refractivity contribution in [2.45, 2.75) is 26.2 Å². The van der Waals surface area contributed by atoms with E-state index in [0.717, 1.165) is 16.7 Å². The standard InChI is InChI=1S/C25H26O5/c1-17(26)22-12-8-7-11-19(22)14-21-16-25(23(27)29-2,24(28)30-3)15-20(21)13-18-9-5-4-6-10-18/h4-13,21H,14-16H2,1-3H3/b20-13+. The molecule has 1 atom stereocenters. The molecule has 3 rings (SSSR count). The molecule has 5 heteroatoms. The molecule has 1 aliphatic rings. The number of methoxy groups -OCH3 is 2. The second-order valence-electron chi connectivity index (χ2n) is 7.69. The first kappa shape index (κ1) is 21.5. The first-order valence-corrected chi connectivity index (χ1v) is 9.92. The third-order valence-electron chi connectivity index (χ3n) is 5.79. The van der Waals surface area contributed by atoms with Crippen LogP contribution in [0.2, 0.25) is 0 Å². The van der Waals surface area contributed by atoms with Crippen LogP contribution >= 0.6 is 0 Å². The summed E-state index contributed by atoms with van der Waals surface area (Å²) in [4.78, 5) is 37.5. The number of hydrogen-bond donors (Lipinski definition) is 0. The van der Waals surface area contributed by atoms with Crippen molar-refractivity contribution in [3.63, 3.8) is 0 Å². The molecule has 0 amide bonds. The Kier molecular flexibility index (Phi) is 6.50. The summed E-state index contributed by atoms with van der Waals surface area (Å²) < 4.78 is 10.00. The SMILES string of the molecule is COC(=O)C1(C(=O)OC)C/C(=C\c2ccccc2)C(Cc2ccccc2C(C)=O)C1. The molecular formula is C25H26O5. The van der Waals surface area contributed by atoms with Gasteiger partial charge in [-0.1, -0.05) is 66.2 Å². The van der Waals surface area contributed by atoms with E-state index >= 15 is 0 Å². The predicted octanol–water partition coefficient (Wildman–Crippen LogP) is 4.26. The van der Waals surface area contributed by atoms with Gasteiger partial charge in [0, 0.05) is 5.56 Å². The van der Waals surface area contributed by atoms with Gasteiger partial charge in [-0.05, 0) is 43.2 Å². The number of allylic oxidation sites excluding steroid dienone is 1. The van der Waals surface area contributed by atoms with E-state index in [2.05, 4.69) is 0 Å². The summed E-state index contributed by atoms with van der Waals surface area (Å²) in [5.41, 5.74) is 2.14. The van der Waals surface area contributed by atoms with Crippen LogP contribution in [-0.4, -0.2) is 31.9 Å². The summed E-state index contributed by atoms with van der Waals surface area (Å²) in [6, 6.07) is 17.2. The number of hydrogen-bond acceptors (Lipinski definition) is 5. The molecular weight excluding hydrogens is 380 g/mol. The molecule has 0 bridgehead atoms. The number of carbonyl (C=O) groups excluding carboxylic acids is 3. The van der Waals surface area contributed by atoms with Crippen LogP contribution in [-0.2, 0) is 25.5 Å². The van der Waals surface area contributed by atoms with Crippen molar-refractivity contribution < 1.29 is 23.9 Å². The summed E-state index contributed by atoms with van der Waals surface area (Å²) >= 11 is 0. The Morgan fingerprint density at radius 1 is 0.967 bits per heavy atom. The van der Waals surface area contributed by atoms with Gasteiger partial charge in [0.15, 0.2) is 11.2 Å². The van der Waals surface area contributed by atoms with E-state index in [1.165, 1.54) is 14.2 Å². The normalized spacial score (nSPS) is 18.8. The van der Waals surface area contributed by atoms with Crippen molar-refractivity contribution in [3.05, 3.63) is 76.9 Å². The topological polar surface area (TPSA) is 69.7 Å². The van der Waals surface area contributed by atoms with Gasteiger partial charge in [0.05, 0.1) is 14.2 Å². The fraction of sp³-hybridized carbons (Fsp3) is 0.320. The molecule has 0 N–H and O–H groups in total. The van der Waals surface area contributed by atoms with Gasteiger partial charge in [-0.3, -0.25) is 14.4 Å². The van der Waals surface area contributed by atoms with Crippen LogP contribution in [0.25, 0.3) is 6.08 Å².